The van der Waals surface area contributed by atoms with E-state index in [2.05, 4.69) is 55.8 Å². The Bertz CT molecular complexity index is 1210. The highest BCUT2D eigenvalue weighted by Gasteiger charge is 2.23. The molecule has 3 rings (SSSR count). The molecule has 1 aliphatic rings. The number of esters is 1. The Labute approximate surface area is 202 Å². The van der Waals surface area contributed by atoms with Gasteiger partial charge in [0.05, 0.1) is 5.92 Å². The number of carbonyl (C=O) groups is 1. The highest BCUT2D eigenvalue weighted by atomic mass is 16.5. The van der Waals surface area contributed by atoms with E-state index in [1.165, 1.54) is 11.1 Å². The molecule has 0 amide bonds. The van der Waals surface area contributed by atoms with Crippen LogP contribution in [-0.4, -0.2) is 5.97 Å². The second kappa shape index (κ2) is 12.8. The van der Waals surface area contributed by atoms with Gasteiger partial charge in [0, 0.05) is 11.8 Å². The Morgan fingerprint density at radius 2 is 1.68 bits per heavy atom. The molecule has 1 atom stereocenters. The zero-order valence-electron chi connectivity index (χ0n) is 19.7. The van der Waals surface area contributed by atoms with Crippen LogP contribution in [0.3, 0.4) is 0 Å². The summed E-state index contributed by atoms with van der Waals surface area (Å²) >= 11 is 0. The van der Waals surface area contributed by atoms with Gasteiger partial charge >= 0.3 is 5.97 Å². The first-order valence-electron chi connectivity index (χ1n) is 11.4. The van der Waals surface area contributed by atoms with Crippen LogP contribution in [0.15, 0.2) is 71.8 Å². The van der Waals surface area contributed by atoms with Crippen molar-refractivity contribution in [3.63, 3.8) is 0 Å². The van der Waals surface area contributed by atoms with Crippen LogP contribution in [0.2, 0.25) is 0 Å². The van der Waals surface area contributed by atoms with Gasteiger partial charge in [-0.2, -0.15) is 0 Å². The molecule has 2 aromatic carbocycles. The number of carbonyl (C=O) groups excluding carboxylic acids is 1. The first-order valence-corrected chi connectivity index (χ1v) is 11.4. The van der Waals surface area contributed by atoms with Crippen molar-refractivity contribution < 1.29 is 14.3 Å². The number of hydrogen-bond acceptors (Lipinski definition) is 3. The first kappa shape index (κ1) is 24.5. The van der Waals surface area contributed by atoms with E-state index in [1.807, 2.05) is 48.5 Å². The predicted octanol–water partition coefficient (Wildman–Crippen LogP) is 6.71. The fourth-order valence-electron chi connectivity index (χ4n) is 3.68. The van der Waals surface area contributed by atoms with Crippen LogP contribution >= 0.6 is 0 Å². The quantitative estimate of drug-likeness (QED) is 0.204. The number of terminal acetylenes is 1. The lowest BCUT2D eigenvalue weighted by molar-refractivity contribution is -0.139. The molecule has 0 saturated heterocycles. The predicted molar refractivity (Wildman–Crippen MR) is 137 cm³/mol. The molecule has 34 heavy (non-hydrogen) atoms. The van der Waals surface area contributed by atoms with Crippen LogP contribution in [0, 0.1) is 42.1 Å². The monoisotopic (exact) mass is 448 g/mol. The van der Waals surface area contributed by atoms with Crippen molar-refractivity contribution in [3.05, 3.63) is 71.8 Å². The molecule has 0 N–H and O–H groups in total. The van der Waals surface area contributed by atoms with Gasteiger partial charge in [0.1, 0.15) is 17.6 Å². The van der Waals surface area contributed by atoms with Gasteiger partial charge in [-0.1, -0.05) is 47.6 Å². The summed E-state index contributed by atoms with van der Waals surface area (Å²) < 4.78 is 11.0. The molecule has 1 unspecified atom stereocenters. The van der Waals surface area contributed by atoms with Gasteiger partial charge in [-0.05, 0) is 93.2 Å². The van der Waals surface area contributed by atoms with E-state index >= 15 is 0 Å². The summed E-state index contributed by atoms with van der Waals surface area (Å²) in [4.78, 5) is 12.6. The lowest BCUT2D eigenvalue weighted by atomic mass is 9.88. The Morgan fingerprint density at radius 3 is 2.26 bits per heavy atom. The Balaban J connectivity index is 1.51. The average Bonchev–Trinajstić information content (AvgIpc) is 2.85. The maximum absolute atomic E-state index is 12.6. The van der Waals surface area contributed by atoms with E-state index in [9.17, 15) is 4.79 Å². The SMILES string of the molecule is C#CC#CC#COc1ccc(-c2ccc(OC(=O)C3CC=C(CCC=C(C)C)CC3)cc2)cc1. The number of benzene rings is 2. The average molecular weight is 449 g/mol. The number of rotatable bonds is 7. The molecule has 170 valence electrons. The van der Waals surface area contributed by atoms with E-state index in [4.69, 9.17) is 15.9 Å². The highest BCUT2D eigenvalue weighted by Crippen LogP contribution is 2.29. The van der Waals surface area contributed by atoms with Gasteiger partial charge in [0.15, 0.2) is 0 Å². The summed E-state index contributed by atoms with van der Waals surface area (Å²) in [6.45, 7) is 4.24. The molecule has 3 heteroatoms. The number of hydrogen-bond donors (Lipinski definition) is 0. The molecular weight excluding hydrogens is 420 g/mol. The molecule has 0 heterocycles. The van der Waals surface area contributed by atoms with Crippen molar-refractivity contribution in [1.82, 2.24) is 0 Å². The van der Waals surface area contributed by atoms with Crippen LogP contribution in [0.4, 0.5) is 0 Å². The zero-order valence-corrected chi connectivity index (χ0v) is 19.7. The lowest BCUT2D eigenvalue weighted by Gasteiger charge is -2.20. The minimum Gasteiger partial charge on any atom is -0.426 e. The molecule has 0 bridgehead atoms. The third kappa shape index (κ3) is 7.78. The maximum Gasteiger partial charge on any atom is 0.314 e. The minimum absolute atomic E-state index is 0.0694. The van der Waals surface area contributed by atoms with Crippen LogP contribution in [-0.2, 0) is 4.79 Å². The van der Waals surface area contributed by atoms with Gasteiger partial charge in [0.2, 0.25) is 0 Å². The second-order valence-electron chi connectivity index (χ2n) is 8.35. The van der Waals surface area contributed by atoms with E-state index in [1.54, 1.807) is 0 Å². The highest BCUT2D eigenvalue weighted by molar-refractivity contribution is 5.76. The summed E-state index contributed by atoms with van der Waals surface area (Å²) in [6.07, 6.45) is 16.7. The molecule has 0 spiro atoms. The van der Waals surface area contributed by atoms with Crippen molar-refractivity contribution in [2.75, 3.05) is 0 Å². The third-order valence-corrected chi connectivity index (χ3v) is 5.53. The fraction of sp³-hybridized carbons (Fsp3) is 0.258. The molecule has 0 aromatic heterocycles. The van der Waals surface area contributed by atoms with Crippen LogP contribution in [0.25, 0.3) is 11.1 Å². The van der Waals surface area contributed by atoms with Gasteiger partial charge in [0.25, 0.3) is 0 Å². The normalized spacial score (nSPS) is 14.1. The first-order chi connectivity index (χ1) is 16.5. The molecule has 0 radical (unpaired) electrons. The molecule has 0 fully saturated rings. The van der Waals surface area contributed by atoms with Crippen molar-refractivity contribution >= 4 is 5.97 Å². The Morgan fingerprint density at radius 1 is 1.00 bits per heavy atom. The molecule has 3 nitrogen and oxygen atoms in total. The van der Waals surface area contributed by atoms with Crippen molar-refractivity contribution in [3.8, 4) is 58.8 Å². The summed E-state index contributed by atoms with van der Waals surface area (Å²) in [5.41, 5.74) is 4.83. The van der Waals surface area contributed by atoms with Crippen molar-refractivity contribution in [1.29, 1.82) is 0 Å². The summed E-state index contributed by atoms with van der Waals surface area (Å²) in [7, 11) is 0. The van der Waals surface area contributed by atoms with E-state index in [0.717, 1.165) is 43.2 Å². The molecule has 0 aliphatic heterocycles. The van der Waals surface area contributed by atoms with Gasteiger partial charge in [-0.3, -0.25) is 4.79 Å². The van der Waals surface area contributed by atoms with Crippen molar-refractivity contribution in [2.24, 2.45) is 5.92 Å². The minimum atomic E-state index is -0.151. The standard InChI is InChI=1S/C31H28O3/c1-4-5-6-7-23-33-29-19-15-26(16-20-29)27-17-21-30(22-18-27)34-31(32)28-13-11-25(12-14-28)10-8-9-24(2)3/h1,9,11,15-22,28H,8,10,12-14H2,2-3H3. The fourth-order valence-corrected chi connectivity index (χ4v) is 3.68. The summed E-state index contributed by atoms with van der Waals surface area (Å²) in [6, 6.07) is 15.1. The summed E-state index contributed by atoms with van der Waals surface area (Å²) in [5, 5.41) is 0. The van der Waals surface area contributed by atoms with Crippen LogP contribution in [0.1, 0.15) is 46.0 Å². The smallest absolute Gasteiger partial charge is 0.314 e. The second-order valence-corrected chi connectivity index (χ2v) is 8.35. The molecule has 2 aromatic rings. The molecule has 1 aliphatic carbocycles. The number of ether oxygens (including phenoxy) is 2. The summed E-state index contributed by atoms with van der Waals surface area (Å²) in [5.74, 6) is 10.5. The van der Waals surface area contributed by atoms with Gasteiger partial charge < -0.3 is 9.47 Å². The topological polar surface area (TPSA) is 35.5 Å². The van der Waals surface area contributed by atoms with Gasteiger partial charge in [-0.25, -0.2) is 0 Å². The third-order valence-electron chi connectivity index (χ3n) is 5.53. The number of allylic oxidation sites excluding steroid dienone is 4. The molecule has 0 saturated carbocycles. The van der Waals surface area contributed by atoms with Crippen molar-refractivity contribution in [2.45, 2.75) is 46.0 Å². The largest absolute Gasteiger partial charge is 0.426 e. The van der Waals surface area contributed by atoms with Gasteiger partial charge in [-0.15, -0.1) is 6.42 Å². The maximum atomic E-state index is 12.6. The lowest BCUT2D eigenvalue weighted by Crippen LogP contribution is -2.22. The zero-order chi connectivity index (χ0) is 24.2. The molecular formula is C31H28O3. The van der Waals surface area contributed by atoms with E-state index < -0.39 is 0 Å². The Kier molecular flexibility index (Phi) is 9.22. The van der Waals surface area contributed by atoms with Crippen LogP contribution < -0.4 is 9.47 Å². The van der Waals surface area contributed by atoms with E-state index in [0.29, 0.717) is 11.5 Å². The van der Waals surface area contributed by atoms with E-state index in [-0.39, 0.29) is 11.9 Å². The Hall–Kier alpha value is -4.13. The van der Waals surface area contributed by atoms with Crippen LogP contribution in [0.5, 0.6) is 11.5 Å².